The van der Waals surface area contributed by atoms with Crippen LogP contribution in [0.2, 0.25) is 0 Å². The number of hydrogen-bond donors (Lipinski definition) is 0. The van der Waals surface area contributed by atoms with Gasteiger partial charge in [-0.2, -0.15) is 5.26 Å². The minimum Gasteiger partial charge on any atom is -0.456 e. The van der Waals surface area contributed by atoms with Crippen molar-refractivity contribution >= 4 is 32.7 Å². The third-order valence-corrected chi connectivity index (χ3v) is 10.2. The number of benzene rings is 8. The van der Waals surface area contributed by atoms with Crippen molar-refractivity contribution in [2.45, 2.75) is 0 Å². The molecule has 0 saturated carbocycles. The second-order valence-electron chi connectivity index (χ2n) is 13.5. The Bertz CT molecular complexity index is 3090. The van der Waals surface area contributed by atoms with Gasteiger partial charge < -0.3 is 4.42 Å². The lowest BCUT2D eigenvalue weighted by Gasteiger charge is -2.13. The molecule has 10 aromatic rings. The lowest BCUT2D eigenvalue weighted by Crippen LogP contribution is -2.00. The van der Waals surface area contributed by atoms with Crippen molar-refractivity contribution in [1.29, 1.82) is 5.26 Å². The van der Waals surface area contributed by atoms with Crippen molar-refractivity contribution in [3.63, 3.8) is 0 Å². The summed E-state index contributed by atoms with van der Waals surface area (Å²) in [5.41, 5.74) is 11.6. The van der Waals surface area contributed by atoms with E-state index in [4.69, 9.17) is 19.4 Å². The number of aromatic nitrogens is 3. The van der Waals surface area contributed by atoms with Gasteiger partial charge in [0.05, 0.1) is 11.6 Å². The zero-order valence-corrected chi connectivity index (χ0v) is 29.5. The van der Waals surface area contributed by atoms with Crippen LogP contribution in [-0.2, 0) is 0 Å². The van der Waals surface area contributed by atoms with E-state index in [0.29, 0.717) is 23.0 Å². The van der Waals surface area contributed by atoms with Crippen LogP contribution in [0.3, 0.4) is 0 Å². The summed E-state index contributed by atoms with van der Waals surface area (Å²) in [4.78, 5) is 15.2. The first-order valence-corrected chi connectivity index (χ1v) is 18.2. The van der Waals surface area contributed by atoms with E-state index in [0.717, 1.165) is 71.7 Å². The average molecular weight is 703 g/mol. The number of nitrogens with zero attached hydrogens (tertiary/aromatic N) is 4. The van der Waals surface area contributed by atoms with E-state index in [1.54, 1.807) is 0 Å². The first-order valence-electron chi connectivity index (χ1n) is 18.2. The van der Waals surface area contributed by atoms with E-state index >= 15 is 0 Å². The Kier molecular flexibility index (Phi) is 7.79. The Balaban J connectivity index is 1.11. The van der Waals surface area contributed by atoms with E-state index in [2.05, 4.69) is 103 Å². The smallest absolute Gasteiger partial charge is 0.164 e. The van der Waals surface area contributed by atoms with Gasteiger partial charge in [-0.1, -0.05) is 140 Å². The van der Waals surface area contributed by atoms with Gasteiger partial charge in [-0.05, 0) is 86.6 Å². The Morgan fingerprint density at radius 3 is 1.73 bits per heavy atom. The molecule has 0 unspecified atom stereocenters. The molecule has 256 valence electrons. The van der Waals surface area contributed by atoms with E-state index in [-0.39, 0.29) is 0 Å². The second kappa shape index (κ2) is 13.4. The molecule has 0 bridgehead atoms. The van der Waals surface area contributed by atoms with Crippen molar-refractivity contribution in [2.75, 3.05) is 0 Å². The SMILES string of the molecule is N#Cc1ccc(-c2ccc(-c3nc(-c4ccccc4)nc(-c4ccc5c(c4)oc4cccc(-c6cccc(-c7ccccc7)c6)c45)n3)c3ccccc23)cc1. The standard InChI is InChI=1S/C50H30N4O/c51-31-32-21-23-34(24-22-32)39-27-28-43(42-18-8-7-17-41(39)42)50-53-48(35-13-5-2-6-14-35)52-49(54-50)38-25-26-44-46(30-38)55-45-20-10-19-40(47(44)45)37-16-9-15-36(29-37)33-11-3-1-4-12-33/h1-30H. The highest BCUT2D eigenvalue weighted by Crippen LogP contribution is 2.40. The maximum absolute atomic E-state index is 9.35. The van der Waals surface area contributed by atoms with Crippen LogP contribution in [0.25, 0.3) is 100 Å². The van der Waals surface area contributed by atoms with Crippen molar-refractivity contribution in [1.82, 2.24) is 15.0 Å². The lowest BCUT2D eigenvalue weighted by molar-refractivity contribution is 0.669. The Morgan fingerprint density at radius 2 is 0.964 bits per heavy atom. The van der Waals surface area contributed by atoms with E-state index in [1.807, 2.05) is 84.9 Å². The molecule has 0 saturated heterocycles. The minimum atomic E-state index is 0.558. The van der Waals surface area contributed by atoms with Crippen LogP contribution in [0.1, 0.15) is 5.56 Å². The van der Waals surface area contributed by atoms with Crippen molar-refractivity contribution in [2.24, 2.45) is 0 Å². The highest BCUT2D eigenvalue weighted by atomic mass is 16.3. The fourth-order valence-corrected chi connectivity index (χ4v) is 7.51. The number of fused-ring (bicyclic) bond motifs is 4. The summed E-state index contributed by atoms with van der Waals surface area (Å²) in [6.45, 7) is 0. The zero-order chi connectivity index (χ0) is 36.7. The van der Waals surface area contributed by atoms with Crippen molar-refractivity contribution in [3.05, 3.63) is 188 Å². The van der Waals surface area contributed by atoms with Gasteiger partial charge in [0.25, 0.3) is 0 Å². The molecule has 55 heavy (non-hydrogen) atoms. The number of hydrogen-bond acceptors (Lipinski definition) is 5. The molecule has 0 N–H and O–H groups in total. The highest BCUT2D eigenvalue weighted by molar-refractivity contribution is 6.13. The van der Waals surface area contributed by atoms with Gasteiger partial charge >= 0.3 is 0 Å². The molecular weight excluding hydrogens is 673 g/mol. The van der Waals surface area contributed by atoms with Gasteiger partial charge in [-0.25, -0.2) is 15.0 Å². The lowest BCUT2D eigenvalue weighted by atomic mass is 9.94. The van der Waals surface area contributed by atoms with E-state index in [1.165, 1.54) is 11.1 Å². The van der Waals surface area contributed by atoms with Crippen LogP contribution in [0.5, 0.6) is 0 Å². The molecule has 10 rings (SSSR count). The molecule has 5 nitrogen and oxygen atoms in total. The maximum Gasteiger partial charge on any atom is 0.164 e. The molecular formula is C50H30N4O. The van der Waals surface area contributed by atoms with Crippen LogP contribution < -0.4 is 0 Å². The fraction of sp³-hybridized carbons (Fsp3) is 0. The molecule has 0 fully saturated rings. The van der Waals surface area contributed by atoms with Crippen LogP contribution >= 0.6 is 0 Å². The van der Waals surface area contributed by atoms with Gasteiger partial charge in [-0.15, -0.1) is 0 Å². The second-order valence-corrected chi connectivity index (χ2v) is 13.5. The molecule has 8 aromatic carbocycles. The van der Waals surface area contributed by atoms with E-state index < -0.39 is 0 Å². The third-order valence-electron chi connectivity index (χ3n) is 10.2. The molecule has 0 atom stereocenters. The quantitative estimate of drug-likeness (QED) is 0.172. The summed E-state index contributed by atoms with van der Waals surface area (Å²) < 4.78 is 6.56. The average Bonchev–Trinajstić information content (AvgIpc) is 3.65. The molecule has 2 heterocycles. The van der Waals surface area contributed by atoms with Gasteiger partial charge in [0.2, 0.25) is 0 Å². The Labute approximate surface area is 317 Å². The van der Waals surface area contributed by atoms with Gasteiger partial charge in [-0.3, -0.25) is 0 Å². The third kappa shape index (κ3) is 5.79. The predicted molar refractivity (Wildman–Crippen MR) is 222 cm³/mol. The van der Waals surface area contributed by atoms with Gasteiger partial charge in [0, 0.05) is 27.5 Å². The minimum absolute atomic E-state index is 0.558. The highest BCUT2D eigenvalue weighted by Gasteiger charge is 2.18. The normalized spacial score (nSPS) is 11.3. The molecule has 5 heteroatoms. The van der Waals surface area contributed by atoms with Gasteiger partial charge in [0.1, 0.15) is 11.2 Å². The number of furan rings is 1. The van der Waals surface area contributed by atoms with Crippen LogP contribution in [0.15, 0.2) is 186 Å². The summed E-state index contributed by atoms with van der Waals surface area (Å²) in [6, 6.07) is 64.0. The largest absolute Gasteiger partial charge is 0.456 e. The first kappa shape index (κ1) is 32.0. The number of nitriles is 1. The summed E-state index contributed by atoms with van der Waals surface area (Å²) >= 11 is 0. The van der Waals surface area contributed by atoms with Crippen LogP contribution in [-0.4, -0.2) is 15.0 Å². The predicted octanol–water partition coefficient (Wildman–Crippen LogP) is 12.8. The first-order chi connectivity index (χ1) is 27.2. The van der Waals surface area contributed by atoms with E-state index in [9.17, 15) is 5.26 Å². The molecule has 0 aliphatic carbocycles. The number of rotatable bonds is 6. The van der Waals surface area contributed by atoms with Crippen molar-refractivity contribution < 1.29 is 4.42 Å². The molecule has 0 aliphatic rings. The van der Waals surface area contributed by atoms with Crippen LogP contribution in [0.4, 0.5) is 0 Å². The molecule has 0 amide bonds. The summed E-state index contributed by atoms with van der Waals surface area (Å²) in [5, 5.41) is 13.5. The summed E-state index contributed by atoms with van der Waals surface area (Å²) in [7, 11) is 0. The molecule has 0 aliphatic heterocycles. The zero-order valence-electron chi connectivity index (χ0n) is 29.5. The summed E-state index contributed by atoms with van der Waals surface area (Å²) in [6.07, 6.45) is 0. The Hall–Kier alpha value is -7.68. The maximum atomic E-state index is 9.35. The molecule has 2 aromatic heterocycles. The molecule has 0 radical (unpaired) electrons. The van der Waals surface area contributed by atoms with Gasteiger partial charge in [0.15, 0.2) is 17.5 Å². The van der Waals surface area contributed by atoms with Crippen molar-refractivity contribution in [3.8, 4) is 73.6 Å². The fourth-order valence-electron chi connectivity index (χ4n) is 7.51. The summed E-state index contributed by atoms with van der Waals surface area (Å²) in [5.74, 6) is 1.73. The van der Waals surface area contributed by atoms with Crippen LogP contribution in [0, 0.1) is 11.3 Å². The topological polar surface area (TPSA) is 75.6 Å². The Morgan fingerprint density at radius 1 is 0.364 bits per heavy atom. The monoisotopic (exact) mass is 702 g/mol. The molecule has 0 spiro atoms.